The molecule has 0 radical (unpaired) electrons. The smallest absolute Gasteiger partial charge is 0.0555 e. The Morgan fingerprint density at radius 3 is 3.07 bits per heavy atom. The molecule has 2 rings (SSSR count). The first-order valence-corrected chi connectivity index (χ1v) is 5.58. The first-order chi connectivity index (χ1) is 6.85. The summed E-state index contributed by atoms with van der Waals surface area (Å²) < 4.78 is 0. The summed E-state index contributed by atoms with van der Waals surface area (Å²) >= 11 is 0. The Hall–Kier alpha value is -1.05. The van der Waals surface area contributed by atoms with Gasteiger partial charge in [0, 0.05) is 29.6 Å². The molecular weight excluding hydrogens is 172 g/mol. The van der Waals surface area contributed by atoms with Crippen molar-refractivity contribution in [3.63, 3.8) is 0 Å². The van der Waals surface area contributed by atoms with Crippen LogP contribution in [0, 0.1) is 0 Å². The number of fused-ring (bicyclic) bond motifs is 1. The topological polar surface area (TPSA) is 28.1 Å². The number of nitrogens with one attached hydrogen (secondary N) is 1. The van der Waals surface area contributed by atoms with Gasteiger partial charge in [-0.05, 0) is 18.9 Å². The van der Waals surface area contributed by atoms with Crippen LogP contribution in [0.1, 0.15) is 44.4 Å². The van der Waals surface area contributed by atoms with E-state index in [9.17, 15) is 0 Å². The monoisotopic (exact) mass is 190 g/mol. The highest BCUT2D eigenvalue weighted by atomic mass is 14.8. The molecule has 2 heterocycles. The van der Waals surface area contributed by atoms with Crippen LogP contribution < -0.4 is 0 Å². The zero-order valence-electron chi connectivity index (χ0n) is 9.01. The molecule has 2 nitrogen and oxygen atoms in total. The second kappa shape index (κ2) is 3.99. The molecule has 14 heavy (non-hydrogen) atoms. The Bertz CT molecular complexity index is 336. The highest BCUT2D eigenvalue weighted by Crippen LogP contribution is 2.22. The molecule has 0 spiro atoms. The van der Waals surface area contributed by atoms with Gasteiger partial charge >= 0.3 is 0 Å². The van der Waals surface area contributed by atoms with E-state index in [0.717, 1.165) is 19.3 Å². The SMILES string of the molecule is CCCC1=NC(CC)Cc2[nH]ccc21. The van der Waals surface area contributed by atoms with Crippen molar-refractivity contribution in [2.45, 2.75) is 45.6 Å². The number of rotatable bonds is 3. The molecule has 0 saturated heterocycles. The lowest BCUT2D eigenvalue weighted by atomic mass is 9.97. The molecule has 1 aromatic rings. The summed E-state index contributed by atoms with van der Waals surface area (Å²) in [7, 11) is 0. The Balaban J connectivity index is 2.30. The van der Waals surface area contributed by atoms with E-state index in [2.05, 4.69) is 24.9 Å². The Morgan fingerprint density at radius 2 is 2.36 bits per heavy atom. The van der Waals surface area contributed by atoms with Crippen molar-refractivity contribution in [1.82, 2.24) is 4.98 Å². The summed E-state index contributed by atoms with van der Waals surface area (Å²) in [5, 5.41) is 0. The average Bonchev–Trinajstić information content (AvgIpc) is 2.66. The lowest BCUT2D eigenvalue weighted by Gasteiger charge is -2.19. The van der Waals surface area contributed by atoms with E-state index in [1.807, 2.05) is 6.20 Å². The number of aliphatic imine (C=N–C) groups is 1. The van der Waals surface area contributed by atoms with E-state index in [-0.39, 0.29) is 0 Å². The van der Waals surface area contributed by atoms with Crippen LogP contribution in [-0.4, -0.2) is 16.7 Å². The minimum atomic E-state index is 0.502. The third-order valence-electron chi connectivity index (χ3n) is 2.88. The fourth-order valence-electron chi connectivity index (χ4n) is 2.09. The quantitative estimate of drug-likeness (QED) is 0.759. The predicted octanol–water partition coefficient (Wildman–Crippen LogP) is 2.94. The molecule has 1 unspecified atom stereocenters. The van der Waals surface area contributed by atoms with Crippen LogP contribution in [0.5, 0.6) is 0 Å². The standard InChI is InChI=1S/C12H18N2/c1-3-5-11-10-6-7-13-12(10)8-9(4-2)14-11/h6-7,9,13H,3-5,8H2,1-2H3. The molecule has 0 fully saturated rings. The van der Waals surface area contributed by atoms with Crippen molar-refractivity contribution in [3.8, 4) is 0 Å². The van der Waals surface area contributed by atoms with Crippen molar-refractivity contribution in [1.29, 1.82) is 0 Å². The summed E-state index contributed by atoms with van der Waals surface area (Å²) in [6.45, 7) is 4.43. The van der Waals surface area contributed by atoms with Gasteiger partial charge in [0.15, 0.2) is 0 Å². The number of aromatic amines is 1. The van der Waals surface area contributed by atoms with Gasteiger partial charge in [-0.15, -0.1) is 0 Å². The number of hydrogen-bond acceptors (Lipinski definition) is 1. The summed E-state index contributed by atoms with van der Waals surface area (Å²) in [4.78, 5) is 8.13. The van der Waals surface area contributed by atoms with Crippen molar-refractivity contribution in [3.05, 3.63) is 23.5 Å². The second-order valence-electron chi connectivity index (χ2n) is 3.96. The summed E-state index contributed by atoms with van der Waals surface area (Å²) in [5.41, 5.74) is 4.05. The molecule has 1 N–H and O–H groups in total. The summed E-state index contributed by atoms with van der Waals surface area (Å²) in [6.07, 6.45) is 6.56. The van der Waals surface area contributed by atoms with Gasteiger partial charge in [-0.2, -0.15) is 0 Å². The van der Waals surface area contributed by atoms with Crippen molar-refractivity contribution >= 4 is 5.71 Å². The molecular formula is C12H18N2. The molecule has 1 aliphatic heterocycles. The van der Waals surface area contributed by atoms with Gasteiger partial charge in [0.25, 0.3) is 0 Å². The van der Waals surface area contributed by atoms with Crippen LogP contribution in [0.2, 0.25) is 0 Å². The van der Waals surface area contributed by atoms with E-state index >= 15 is 0 Å². The Kier molecular flexibility index (Phi) is 2.71. The minimum Gasteiger partial charge on any atom is -0.364 e. The van der Waals surface area contributed by atoms with Gasteiger partial charge in [-0.3, -0.25) is 4.99 Å². The summed E-state index contributed by atoms with van der Waals surface area (Å²) in [6, 6.07) is 2.66. The molecule has 0 aromatic carbocycles. The molecule has 0 bridgehead atoms. The number of aromatic nitrogens is 1. The Labute approximate surface area is 85.4 Å². The van der Waals surface area contributed by atoms with Crippen LogP contribution in [0.4, 0.5) is 0 Å². The van der Waals surface area contributed by atoms with E-state index < -0.39 is 0 Å². The van der Waals surface area contributed by atoms with E-state index in [1.54, 1.807) is 0 Å². The molecule has 76 valence electrons. The van der Waals surface area contributed by atoms with Gasteiger partial charge in [-0.1, -0.05) is 20.3 Å². The van der Waals surface area contributed by atoms with Gasteiger partial charge in [-0.25, -0.2) is 0 Å². The molecule has 1 aromatic heterocycles. The second-order valence-corrected chi connectivity index (χ2v) is 3.96. The first kappa shape index (κ1) is 9.50. The lowest BCUT2D eigenvalue weighted by molar-refractivity contribution is 0.628. The van der Waals surface area contributed by atoms with Crippen molar-refractivity contribution < 1.29 is 0 Å². The fraction of sp³-hybridized carbons (Fsp3) is 0.583. The maximum absolute atomic E-state index is 4.80. The number of hydrogen-bond donors (Lipinski definition) is 1. The lowest BCUT2D eigenvalue weighted by Crippen LogP contribution is -2.19. The van der Waals surface area contributed by atoms with Crippen molar-refractivity contribution in [2.24, 2.45) is 4.99 Å². The number of nitrogens with zero attached hydrogens (tertiary/aromatic N) is 1. The fourth-order valence-corrected chi connectivity index (χ4v) is 2.09. The zero-order valence-corrected chi connectivity index (χ0v) is 9.01. The normalized spacial score (nSPS) is 20.4. The van der Waals surface area contributed by atoms with Gasteiger partial charge in [0.2, 0.25) is 0 Å². The van der Waals surface area contributed by atoms with E-state index in [4.69, 9.17) is 4.99 Å². The molecule has 1 atom stereocenters. The van der Waals surface area contributed by atoms with Gasteiger partial charge in [0.1, 0.15) is 0 Å². The zero-order chi connectivity index (χ0) is 9.97. The molecule has 0 amide bonds. The average molecular weight is 190 g/mol. The Morgan fingerprint density at radius 1 is 1.50 bits per heavy atom. The van der Waals surface area contributed by atoms with Crippen LogP contribution in [0.25, 0.3) is 0 Å². The van der Waals surface area contributed by atoms with Crippen LogP contribution in [-0.2, 0) is 6.42 Å². The van der Waals surface area contributed by atoms with Crippen molar-refractivity contribution in [2.75, 3.05) is 0 Å². The van der Waals surface area contributed by atoms with E-state index in [0.29, 0.717) is 6.04 Å². The van der Waals surface area contributed by atoms with Gasteiger partial charge < -0.3 is 4.98 Å². The summed E-state index contributed by atoms with van der Waals surface area (Å²) in [5.74, 6) is 0. The minimum absolute atomic E-state index is 0.502. The molecule has 1 aliphatic rings. The van der Waals surface area contributed by atoms with E-state index in [1.165, 1.54) is 23.4 Å². The molecule has 0 aliphatic carbocycles. The third-order valence-corrected chi connectivity index (χ3v) is 2.88. The van der Waals surface area contributed by atoms with Gasteiger partial charge in [0.05, 0.1) is 6.04 Å². The van der Waals surface area contributed by atoms with Crippen LogP contribution >= 0.6 is 0 Å². The maximum atomic E-state index is 4.80. The molecule has 0 saturated carbocycles. The molecule has 2 heteroatoms. The largest absolute Gasteiger partial charge is 0.364 e. The highest BCUT2D eigenvalue weighted by Gasteiger charge is 2.19. The van der Waals surface area contributed by atoms with Crippen LogP contribution in [0.15, 0.2) is 17.3 Å². The third kappa shape index (κ3) is 1.61. The highest BCUT2D eigenvalue weighted by molar-refractivity contribution is 6.02. The number of H-pyrrole nitrogens is 1. The van der Waals surface area contributed by atoms with Crippen LogP contribution in [0.3, 0.4) is 0 Å². The first-order valence-electron chi connectivity index (χ1n) is 5.58. The maximum Gasteiger partial charge on any atom is 0.0555 e. The predicted molar refractivity (Wildman–Crippen MR) is 60.0 cm³/mol.